The molecule has 0 saturated heterocycles. The summed E-state index contributed by atoms with van der Waals surface area (Å²) in [6, 6.07) is 5.03. The first kappa shape index (κ1) is 15.7. The van der Waals surface area contributed by atoms with Gasteiger partial charge in [-0.05, 0) is 25.1 Å². The van der Waals surface area contributed by atoms with E-state index in [1.165, 1.54) is 18.2 Å². The number of nitrogens with one attached hydrogen (secondary N) is 1. The number of benzene rings is 1. The Kier molecular flexibility index (Phi) is 5.13. The van der Waals surface area contributed by atoms with E-state index in [1.807, 2.05) is 6.92 Å². The Morgan fingerprint density at radius 1 is 1.24 bits per heavy atom. The van der Waals surface area contributed by atoms with E-state index < -0.39 is 11.7 Å². The molecule has 0 fully saturated rings. The molecule has 0 aliphatic carbocycles. The van der Waals surface area contributed by atoms with E-state index in [2.05, 4.69) is 15.5 Å². The highest BCUT2D eigenvalue weighted by Gasteiger charge is 2.34. The van der Waals surface area contributed by atoms with Crippen LogP contribution in [-0.4, -0.2) is 16.7 Å². The third-order valence-corrected chi connectivity index (χ3v) is 3.34. The minimum absolute atomic E-state index is 0.0972. The van der Waals surface area contributed by atoms with Crippen molar-refractivity contribution in [2.24, 2.45) is 0 Å². The Morgan fingerprint density at radius 2 is 2.00 bits per heavy atom. The van der Waals surface area contributed by atoms with Gasteiger partial charge in [-0.25, -0.2) is 0 Å². The number of nitrogens with zero attached hydrogens (tertiary/aromatic N) is 2. The molecular weight excluding hydrogens is 303 g/mol. The van der Waals surface area contributed by atoms with Gasteiger partial charge in [-0.15, -0.1) is 5.10 Å². The average molecular weight is 317 g/mol. The minimum Gasteiger partial charge on any atom is -0.429 e. The predicted octanol–water partition coefficient (Wildman–Crippen LogP) is 3.85. The first-order valence-corrected chi connectivity index (χ1v) is 7.19. The highest BCUT2D eigenvalue weighted by Crippen LogP contribution is 2.38. The molecule has 0 spiro atoms. The maximum atomic E-state index is 12.8. The van der Waals surface area contributed by atoms with Crippen LogP contribution >= 0.6 is 11.3 Å². The van der Waals surface area contributed by atoms with E-state index in [4.69, 9.17) is 4.74 Å². The Hall–Kier alpha value is -1.67. The van der Waals surface area contributed by atoms with Crippen LogP contribution < -0.4 is 10.1 Å². The maximum Gasteiger partial charge on any atom is 0.419 e. The Morgan fingerprint density at radius 3 is 2.71 bits per heavy atom. The quantitative estimate of drug-likeness (QED) is 0.822. The molecule has 2 rings (SSSR count). The van der Waals surface area contributed by atoms with Crippen LogP contribution in [0.5, 0.6) is 10.9 Å². The number of alkyl halides is 3. The van der Waals surface area contributed by atoms with E-state index in [9.17, 15) is 13.2 Å². The lowest BCUT2D eigenvalue weighted by molar-refractivity contribution is -0.138. The second-order valence-corrected chi connectivity index (χ2v) is 5.26. The number of aromatic nitrogens is 2. The van der Waals surface area contributed by atoms with Crippen molar-refractivity contribution < 1.29 is 17.9 Å². The molecule has 0 aliphatic rings. The highest BCUT2D eigenvalue weighted by atomic mass is 32.1. The Bertz CT molecular complexity index is 586. The normalized spacial score (nSPS) is 11.6. The van der Waals surface area contributed by atoms with Gasteiger partial charge in [0.2, 0.25) is 0 Å². The van der Waals surface area contributed by atoms with Gasteiger partial charge in [-0.3, -0.25) is 0 Å². The molecule has 1 heterocycles. The average Bonchev–Trinajstić information content (AvgIpc) is 2.86. The molecule has 0 unspecified atom stereocenters. The van der Waals surface area contributed by atoms with Crippen LogP contribution in [0.1, 0.15) is 23.9 Å². The van der Waals surface area contributed by atoms with Gasteiger partial charge in [0.15, 0.2) is 0 Å². The monoisotopic (exact) mass is 317 g/mol. The van der Waals surface area contributed by atoms with Gasteiger partial charge in [-0.1, -0.05) is 35.5 Å². The fourth-order valence-electron chi connectivity index (χ4n) is 1.61. The lowest BCUT2D eigenvalue weighted by atomic mass is 10.2. The smallest absolute Gasteiger partial charge is 0.419 e. The standard InChI is InChI=1S/C13H14F3N3OS/c1-2-7-17-8-11-18-19-12(21-11)20-10-6-4-3-5-9(10)13(14,15)16/h3-6,17H,2,7-8H2,1H3. The molecule has 21 heavy (non-hydrogen) atoms. The van der Waals surface area contributed by atoms with E-state index >= 15 is 0 Å². The summed E-state index contributed by atoms with van der Waals surface area (Å²) in [4.78, 5) is 0. The first-order chi connectivity index (χ1) is 10.0. The second kappa shape index (κ2) is 6.86. The molecule has 1 N–H and O–H groups in total. The summed E-state index contributed by atoms with van der Waals surface area (Å²) in [5.74, 6) is -0.269. The zero-order valence-electron chi connectivity index (χ0n) is 11.3. The summed E-state index contributed by atoms with van der Waals surface area (Å²) in [6.07, 6.45) is -3.48. The summed E-state index contributed by atoms with van der Waals surface area (Å²) < 4.78 is 43.7. The predicted molar refractivity (Wildman–Crippen MR) is 73.4 cm³/mol. The highest BCUT2D eigenvalue weighted by molar-refractivity contribution is 7.13. The molecule has 8 heteroatoms. The molecule has 4 nitrogen and oxygen atoms in total. The number of hydrogen-bond donors (Lipinski definition) is 1. The fraction of sp³-hybridized carbons (Fsp3) is 0.385. The molecule has 1 aromatic heterocycles. The zero-order valence-corrected chi connectivity index (χ0v) is 12.1. The van der Waals surface area contributed by atoms with Crippen molar-refractivity contribution in [2.45, 2.75) is 26.1 Å². The number of halogens is 3. The third kappa shape index (κ3) is 4.40. The van der Waals surface area contributed by atoms with Gasteiger partial charge in [0.25, 0.3) is 5.19 Å². The van der Waals surface area contributed by atoms with Gasteiger partial charge in [0.05, 0.1) is 5.56 Å². The molecule has 0 bridgehead atoms. The Balaban J connectivity index is 2.09. The van der Waals surface area contributed by atoms with Crippen LogP contribution in [0.15, 0.2) is 24.3 Å². The van der Waals surface area contributed by atoms with E-state index in [1.54, 1.807) is 0 Å². The van der Waals surface area contributed by atoms with Crippen molar-refractivity contribution in [3.8, 4) is 10.9 Å². The van der Waals surface area contributed by atoms with E-state index in [0.717, 1.165) is 30.4 Å². The van der Waals surface area contributed by atoms with Gasteiger partial charge in [-0.2, -0.15) is 13.2 Å². The molecule has 114 valence electrons. The molecule has 0 saturated carbocycles. The molecular formula is C13H14F3N3OS. The molecule has 0 aliphatic heterocycles. The first-order valence-electron chi connectivity index (χ1n) is 6.38. The number of hydrogen-bond acceptors (Lipinski definition) is 5. The lowest BCUT2D eigenvalue weighted by Gasteiger charge is -2.11. The molecule has 2 aromatic rings. The number of para-hydroxylation sites is 1. The van der Waals surface area contributed by atoms with Crippen molar-refractivity contribution in [1.82, 2.24) is 15.5 Å². The van der Waals surface area contributed by atoms with Crippen LogP contribution in [0.3, 0.4) is 0 Å². The van der Waals surface area contributed by atoms with Crippen molar-refractivity contribution in [3.63, 3.8) is 0 Å². The minimum atomic E-state index is -4.47. The SMILES string of the molecule is CCCNCc1nnc(Oc2ccccc2C(F)(F)F)s1. The van der Waals surface area contributed by atoms with Crippen LogP contribution in [-0.2, 0) is 12.7 Å². The molecule has 0 atom stereocenters. The third-order valence-electron chi connectivity index (χ3n) is 2.54. The van der Waals surface area contributed by atoms with Crippen LogP contribution in [0.4, 0.5) is 13.2 Å². The molecule has 0 amide bonds. The fourth-order valence-corrected chi connectivity index (χ4v) is 2.28. The lowest BCUT2D eigenvalue weighted by Crippen LogP contribution is -2.13. The zero-order chi connectivity index (χ0) is 15.3. The summed E-state index contributed by atoms with van der Waals surface area (Å²) in [7, 11) is 0. The second-order valence-electron chi connectivity index (χ2n) is 4.23. The van der Waals surface area contributed by atoms with Gasteiger partial charge in [0, 0.05) is 6.54 Å². The summed E-state index contributed by atoms with van der Waals surface area (Å²) >= 11 is 1.12. The van der Waals surface area contributed by atoms with Crippen molar-refractivity contribution in [3.05, 3.63) is 34.8 Å². The van der Waals surface area contributed by atoms with Crippen molar-refractivity contribution >= 4 is 11.3 Å². The van der Waals surface area contributed by atoms with Crippen molar-refractivity contribution in [1.29, 1.82) is 0 Å². The van der Waals surface area contributed by atoms with Gasteiger partial charge < -0.3 is 10.1 Å². The van der Waals surface area contributed by atoms with E-state index in [0.29, 0.717) is 11.6 Å². The number of ether oxygens (including phenoxy) is 1. The van der Waals surface area contributed by atoms with Gasteiger partial charge in [0.1, 0.15) is 10.8 Å². The molecule has 0 radical (unpaired) electrons. The van der Waals surface area contributed by atoms with Gasteiger partial charge >= 0.3 is 6.18 Å². The number of rotatable bonds is 6. The largest absolute Gasteiger partial charge is 0.429 e. The van der Waals surface area contributed by atoms with Crippen LogP contribution in [0.25, 0.3) is 0 Å². The Labute approximate surface area is 124 Å². The summed E-state index contributed by atoms with van der Waals surface area (Å²) in [6.45, 7) is 3.40. The van der Waals surface area contributed by atoms with Crippen molar-refractivity contribution in [2.75, 3.05) is 6.54 Å². The summed E-state index contributed by atoms with van der Waals surface area (Å²) in [5.41, 5.74) is -0.828. The topological polar surface area (TPSA) is 47.0 Å². The summed E-state index contributed by atoms with van der Waals surface area (Å²) in [5, 5.41) is 11.5. The van der Waals surface area contributed by atoms with Crippen LogP contribution in [0, 0.1) is 0 Å². The van der Waals surface area contributed by atoms with E-state index in [-0.39, 0.29) is 10.9 Å². The van der Waals surface area contributed by atoms with Crippen LogP contribution in [0.2, 0.25) is 0 Å². The molecule has 1 aromatic carbocycles. The maximum absolute atomic E-state index is 12.8.